The summed E-state index contributed by atoms with van der Waals surface area (Å²) in [5, 5.41) is 4.23. The lowest BCUT2D eigenvalue weighted by molar-refractivity contribution is 0.499. The van der Waals surface area contributed by atoms with Crippen LogP contribution in [0.5, 0.6) is 0 Å². The number of fused-ring (bicyclic) bond motifs is 1. The Hall–Kier alpha value is -1.75. The number of rotatable bonds is 4. The van der Waals surface area contributed by atoms with Gasteiger partial charge in [0.15, 0.2) is 0 Å². The van der Waals surface area contributed by atoms with E-state index in [2.05, 4.69) is 38.7 Å². The molecule has 2 aromatic heterocycles. The van der Waals surface area contributed by atoms with E-state index in [0.717, 1.165) is 16.3 Å². The molecule has 0 saturated heterocycles. The lowest BCUT2D eigenvalue weighted by Gasteiger charge is -2.22. The van der Waals surface area contributed by atoms with Crippen molar-refractivity contribution in [3.8, 4) is 11.3 Å². The number of nitrogens with zero attached hydrogens (tertiary/aromatic N) is 2. The van der Waals surface area contributed by atoms with Crippen LogP contribution in [0.25, 0.3) is 11.3 Å². The normalized spacial score (nSPS) is 16.6. The largest absolute Gasteiger partial charge is 0.313 e. The highest BCUT2D eigenvalue weighted by atomic mass is 35.5. The van der Waals surface area contributed by atoms with Crippen molar-refractivity contribution in [2.75, 3.05) is 7.05 Å². The topological polar surface area (TPSA) is 29.9 Å². The van der Waals surface area contributed by atoms with Gasteiger partial charge in [-0.15, -0.1) is 0 Å². The molecule has 0 aliphatic heterocycles. The maximum atomic E-state index is 6.17. The molecular weight excluding hydrogens is 350 g/mol. The second-order valence-corrected chi connectivity index (χ2v) is 7.74. The molecule has 0 radical (unpaired) electrons. The summed E-state index contributed by atoms with van der Waals surface area (Å²) in [5.74, 6) is 0. The Balaban J connectivity index is 1.83. The summed E-state index contributed by atoms with van der Waals surface area (Å²) in [6, 6.07) is 12.6. The van der Waals surface area contributed by atoms with Crippen LogP contribution in [-0.4, -0.2) is 16.0 Å². The second kappa shape index (κ2) is 7.24. The summed E-state index contributed by atoms with van der Waals surface area (Å²) in [5.41, 5.74) is 5.35. The number of nitrogens with one attached hydrogen (secondary N) is 1. The zero-order valence-electron chi connectivity index (χ0n) is 14.1. The molecule has 0 bridgehead atoms. The molecule has 25 heavy (non-hydrogen) atoms. The van der Waals surface area contributed by atoms with Gasteiger partial charge in [0, 0.05) is 40.1 Å². The fraction of sp³-hybridized carbons (Fsp3) is 0.250. The van der Waals surface area contributed by atoms with Gasteiger partial charge in [-0.2, -0.15) is 0 Å². The van der Waals surface area contributed by atoms with Crippen molar-refractivity contribution in [1.82, 2.24) is 14.3 Å². The van der Waals surface area contributed by atoms with Gasteiger partial charge >= 0.3 is 0 Å². The number of aromatic nitrogens is 2. The van der Waals surface area contributed by atoms with Crippen molar-refractivity contribution in [3.05, 3.63) is 71.1 Å². The van der Waals surface area contributed by atoms with Gasteiger partial charge in [-0.1, -0.05) is 17.7 Å². The molecule has 1 unspecified atom stereocenters. The van der Waals surface area contributed by atoms with E-state index < -0.39 is 0 Å². The molecule has 0 fully saturated rings. The molecule has 1 atom stereocenters. The standard InChI is InChI=1S/C20H20ClN3S/c1-22-19-7-3-6-17-18(19)13-24(20(17)14-8-10-23-11-9-14)25-16-5-2-4-15(21)12-16/h2,4-5,8-13,19,22H,3,6-7H2,1H3. The molecule has 2 heterocycles. The van der Waals surface area contributed by atoms with Gasteiger partial charge in [0.1, 0.15) is 0 Å². The van der Waals surface area contributed by atoms with E-state index in [1.807, 2.05) is 37.6 Å². The minimum Gasteiger partial charge on any atom is -0.313 e. The third-order valence-corrected chi connectivity index (χ3v) is 5.89. The van der Waals surface area contributed by atoms with Gasteiger partial charge in [0.05, 0.1) is 5.69 Å². The van der Waals surface area contributed by atoms with Crippen molar-refractivity contribution in [2.45, 2.75) is 30.2 Å². The Morgan fingerprint density at radius 1 is 1.24 bits per heavy atom. The van der Waals surface area contributed by atoms with Crippen LogP contribution in [0.1, 0.15) is 30.0 Å². The molecule has 0 amide bonds. The van der Waals surface area contributed by atoms with Crippen LogP contribution >= 0.6 is 23.5 Å². The van der Waals surface area contributed by atoms with E-state index in [1.54, 1.807) is 11.9 Å². The van der Waals surface area contributed by atoms with Gasteiger partial charge in [-0.05, 0) is 79.7 Å². The van der Waals surface area contributed by atoms with Crippen LogP contribution in [0.2, 0.25) is 5.02 Å². The van der Waals surface area contributed by atoms with Crippen LogP contribution in [0.4, 0.5) is 0 Å². The molecule has 3 aromatic rings. The van der Waals surface area contributed by atoms with Crippen LogP contribution in [0, 0.1) is 0 Å². The first-order valence-electron chi connectivity index (χ1n) is 8.52. The summed E-state index contributed by atoms with van der Waals surface area (Å²) in [6.07, 6.45) is 9.53. The van der Waals surface area contributed by atoms with Crippen LogP contribution < -0.4 is 5.32 Å². The second-order valence-electron chi connectivity index (χ2n) is 6.26. The van der Waals surface area contributed by atoms with E-state index in [9.17, 15) is 0 Å². The van der Waals surface area contributed by atoms with Crippen molar-refractivity contribution in [1.29, 1.82) is 0 Å². The van der Waals surface area contributed by atoms with Crippen molar-refractivity contribution < 1.29 is 0 Å². The Morgan fingerprint density at radius 3 is 2.84 bits per heavy atom. The summed E-state index contributed by atoms with van der Waals surface area (Å²) in [6.45, 7) is 0. The van der Waals surface area contributed by atoms with Crippen molar-refractivity contribution >= 4 is 23.5 Å². The van der Waals surface area contributed by atoms with E-state index in [0.29, 0.717) is 6.04 Å². The molecule has 5 heteroatoms. The minimum absolute atomic E-state index is 0.422. The highest BCUT2D eigenvalue weighted by Crippen LogP contribution is 2.41. The SMILES string of the molecule is CNC1CCCc2c1cn(Sc1cccc(Cl)c1)c2-c1ccncc1. The van der Waals surface area contributed by atoms with Gasteiger partial charge in [-0.25, -0.2) is 0 Å². The highest BCUT2D eigenvalue weighted by molar-refractivity contribution is 7.98. The van der Waals surface area contributed by atoms with Gasteiger partial charge in [0.25, 0.3) is 0 Å². The van der Waals surface area contributed by atoms with Gasteiger partial charge in [-0.3, -0.25) is 8.96 Å². The molecule has 0 saturated carbocycles. The minimum atomic E-state index is 0.422. The third kappa shape index (κ3) is 3.34. The third-order valence-electron chi connectivity index (χ3n) is 4.71. The van der Waals surface area contributed by atoms with E-state index in [4.69, 9.17) is 11.6 Å². The zero-order valence-corrected chi connectivity index (χ0v) is 15.6. The molecule has 1 aliphatic rings. The first kappa shape index (κ1) is 16.7. The number of benzene rings is 1. The molecule has 3 nitrogen and oxygen atoms in total. The predicted molar refractivity (Wildman–Crippen MR) is 105 cm³/mol. The van der Waals surface area contributed by atoms with Crippen LogP contribution in [0.15, 0.2) is 59.9 Å². The quantitative estimate of drug-likeness (QED) is 0.671. The Labute approximate surface area is 157 Å². The Morgan fingerprint density at radius 2 is 2.08 bits per heavy atom. The maximum absolute atomic E-state index is 6.17. The lowest BCUT2D eigenvalue weighted by Crippen LogP contribution is -2.20. The average molecular weight is 370 g/mol. The Bertz CT molecular complexity index is 876. The number of halogens is 1. The number of hydrogen-bond donors (Lipinski definition) is 1. The van der Waals surface area contributed by atoms with Crippen LogP contribution in [0.3, 0.4) is 0 Å². The zero-order chi connectivity index (χ0) is 17.2. The predicted octanol–water partition coefficient (Wildman–Crippen LogP) is 5.36. The van der Waals surface area contributed by atoms with Crippen LogP contribution in [-0.2, 0) is 6.42 Å². The maximum Gasteiger partial charge on any atom is 0.0631 e. The number of hydrogen-bond acceptors (Lipinski definition) is 3. The summed E-state index contributed by atoms with van der Waals surface area (Å²) >= 11 is 7.89. The smallest absolute Gasteiger partial charge is 0.0631 e. The van der Waals surface area contributed by atoms with Crippen molar-refractivity contribution in [2.24, 2.45) is 0 Å². The van der Waals surface area contributed by atoms with E-state index in [-0.39, 0.29) is 0 Å². The summed E-state index contributed by atoms with van der Waals surface area (Å²) in [4.78, 5) is 5.31. The fourth-order valence-corrected chi connectivity index (χ4v) is 4.83. The van der Waals surface area contributed by atoms with Gasteiger partial charge in [0.2, 0.25) is 0 Å². The highest BCUT2D eigenvalue weighted by Gasteiger charge is 2.26. The molecular formula is C20H20ClN3S. The average Bonchev–Trinajstić information content (AvgIpc) is 3.00. The molecule has 1 aromatic carbocycles. The monoisotopic (exact) mass is 369 g/mol. The fourth-order valence-electron chi connectivity index (χ4n) is 3.56. The number of pyridine rings is 1. The molecule has 1 aliphatic carbocycles. The van der Waals surface area contributed by atoms with Crippen molar-refractivity contribution in [3.63, 3.8) is 0 Å². The molecule has 0 spiro atoms. The molecule has 128 valence electrons. The summed E-state index contributed by atoms with van der Waals surface area (Å²) in [7, 11) is 2.05. The first-order valence-corrected chi connectivity index (χ1v) is 9.67. The molecule has 1 N–H and O–H groups in total. The first-order chi connectivity index (χ1) is 12.3. The summed E-state index contributed by atoms with van der Waals surface area (Å²) < 4.78 is 2.29. The molecule has 4 rings (SSSR count). The lowest BCUT2D eigenvalue weighted by atomic mass is 9.88. The van der Waals surface area contributed by atoms with E-state index in [1.165, 1.54) is 35.2 Å². The Kier molecular flexibility index (Phi) is 4.84. The van der Waals surface area contributed by atoms with Gasteiger partial charge < -0.3 is 5.32 Å². The van der Waals surface area contributed by atoms with E-state index >= 15 is 0 Å².